The largest absolute Gasteiger partial charge is 0.466 e. The molecule has 31 heavy (non-hydrogen) atoms. The Labute approximate surface area is 183 Å². The van der Waals surface area contributed by atoms with Gasteiger partial charge in [0.1, 0.15) is 5.76 Å². The number of carbonyl (C=O) groups is 1. The average Bonchev–Trinajstić information content (AvgIpc) is 3.34. The zero-order valence-corrected chi connectivity index (χ0v) is 18.9. The lowest BCUT2D eigenvalue weighted by atomic mass is 9.85. The molecule has 1 aliphatic heterocycles. The summed E-state index contributed by atoms with van der Waals surface area (Å²) in [4.78, 5) is 31.2. The van der Waals surface area contributed by atoms with Gasteiger partial charge in [-0.2, -0.15) is 0 Å². The number of methoxy groups -OCH3 is 1. The Kier molecular flexibility index (Phi) is 5.31. The van der Waals surface area contributed by atoms with Gasteiger partial charge in [0, 0.05) is 6.08 Å². The summed E-state index contributed by atoms with van der Waals surface area (Å²) in [5.41, 5.74) is 2.67. The molecule has 4 rings (SSSR count). The zero-order chi connectivity index (χ0) is 22.3. The molecule has 160 valence electrons. The van der Waals surface area contributed by atoms with Crippen molar-refractivity contribution in [1.29, 1.82) is 0 Å². The minimum atomic E-state index is -0.614. The molecular weight excluding hydrogens is 412 g/mol. The number of benzene rings is 1. The van der Waals surface area contributed by atoms with Crippen LogP contribution in [0, 0.1) is 0 Å². The van der Waals surface area contributed by atoms with Crippen molar-refractivity contribution in [3.8, 4) is 0 Å². The Morgan fingerprint density at radius 1 is 1.23 bits per heavy atom. The van der Waals surface area contributed by atoms with Gasteiger partial charge in [-0.05, 0) is 35.6 Å². The smallest absolute Gasteiger partial charge is 0.338 e. The lowest BCUT2D eigenvalue weighted by molar-refractivity contribution is -0.136. The summed E-state index contributed by atoms with van der Waals surface area (Å²) in [6, 6.07) is 11.0. The highest BCUT2D eigenvalue weighted by molar-refractivity contribution is 7.07. The third kappa shape index (κ3) is 3.81. The molecule has 1 atom stereocenters. The number of esters is 1. The Hall–Kier alpha value is -3.19. The van der Waals surface area contributed by atoms with Crippen LogP contribution < -0.4 is 14.9 Å². The Bertz CT molecular complexity index is 1330. The van der Waals surface area contributed by atoms with E-state index in [-0.39, 0.29) is 11.0 Å². The van der Waals surface area contributed by atoms with Crippen molar-refractivity contribution in [2.45, 2.75) is 39.2 Å². The van der Waals surface area contributed by atoms with E-state index in [0.29, 0.717) is 26.4 Å². The second-order valence-electron chi connectivity index (χ2n) is 8.46. The van der Waals surface area contributed by atoms with Crippen LogP contribution in [-0.2, 0) is 14.9 Å². The lowest BCUT2D eigenvalue weighted by Gasteiger charge is -2.25. The summed E-state index contributed by atoms with van der Waals surface area (Å²) in [6.07, 6.45) is 3.25. The summed E-state index contributed by atoms with van der Waals surface area (Å²) in [5.74, 6) is 0.0895. The highest BCUT2D eigenvalue weighted by atomic mass is 32.1. The van der Waals surface area contributed by atoms with Gasteiger partial charge in [-0.3, -0.25) is 9.36 Å². The molecule has 0 fully saturated rings. The molecule has 1 aromatic carbocycles. The first-order valence-corrected chi connectivity index (χ1v) is 10.8. The molecule has 6 nitrogen and oxygen atoms in total. The standard InChI is InChI=1S/C24H24N2O4S/c1-14-19(22(28)29-5)20(15-8-10-16(11-9-15)24(2,3)4)26-21(27)18(31-23(26)25-14)13-17-7-6-12-30-17/h6-13,20H,1-5H3/b18-13+. The van der Waals surface area contributed by atoms with Crippen molar-refractivity contribution in [2.24, 2.45) is 4.99 Å². The Balaban J connectivity index is 1.95. The van der Waals surface area contributed by atoms with Gasteiger partial charge in [0.2, 0.25) is 0 Å². The van der Waals surface area contributed by atoms with Crippen molar-refractivity contribution in [3.63, 3.8) is 0 Å². The molecule has 0 amide bonds. The number of fused-ring (bicyclic) bond motifs is 1. The number of hydrogen-bond donors (Lipinski definition) is 0. The average molecular weight is 437 g/mol. The van der Waals surface area contributed by atoms with Gasteiger partial charge in [-0.25, -0.2) is 9.79 Å². The van der Waals surface area contributed by atoms with Crippen molar-refractivity contribution in [3.05, 3.63) is 90.5 Å². The molecule has 0 saturated heterocycles. The molecule has 2 aromatic heterocycles. The van der Waals surface area contributed by atoms with E-state index >= 15 is 0 Å². The predicted molar refractivity (Wildman–Crippen MR) is 120 cm³/mol. The Morgan fingerprint density at radius 2 is 1.94 bits per heavy atom. The summed E-state index contributed by atoms with van der Waals surface area (Å²) in [6.45, 7) is 8.20. The Morgan fingerprint density at radius 3 is 2.52 bits per heavy atom. The molecule has 1 aliphatic rings. The van der Waals surface area contributed by atoms with Gasteiger partial charge in [-0.1, -0.05) is 56.4 Å². The van der Waals surface area contributed by atoms with Crippen LogP contribution in [0.1, 0.15) is 50.6 Å². The quantitative estimate of drug-likeness (QED) is 0.591. The number of allylic oxidation sites excluding steroid dienone is 1. The molecule has 3 aromatic rings. The van der Waals surface area contributed by atoms with Gasteiger partial charge < -0.3 is 9.15 Å². The molecule has 3 heterocycles. The highest BCUT2D eigenvalue weighted by Crippen LogP contribution is 2.32. The maximum absolute atomic E-state index is 13.4. The molecular formula is C24H24N2O4S. The van der Waals surface area contributed by atoms with Crippen LogP contribution in [0.2, 0.25) is 0 Å². The number of nitrogens with zero attached hydrogens (tertiary/aromatic N) is 2. The second-order valence-corrected chi connectivity index (χ2v) is 9.47. The summed E-state index contributed by atoms with van der Waals surface area (Å²) in [7, 11) is 1.34. The van der Waals surface area contributed by atoms with Crippen LogP contribution in [0.25, 0.3) is 6.08 Å². The number of rotatable bonds is 3. The number of furan rings is 1. The highest BCUT2D eigenvalue weighted by Gasteiger charge is 2.33. The second kappa shape index (κ2) is 7.81. The van der Waals surface area contributed by atoms with E-state index in [1.165, 1.54) is 24.0 Å². The van der Waals surface area contributed by atoms with Gasteiger partial charge in [0.25, 0.3) is 5.56 Å². The molecule has 0 saturated carbocycles. The number of aromatic nitrogens is 1. The molecule has 1 unspecified atom stereocenters. The minimum Gasteiger partial charge on any atom is -0.466 e. The van der Waals surface area contributed by atoms with E-state index in [0.717, 1.165) is 5.56 Å². The maximum Gasteiger partial charge on any atom is 0.338 e. The van der Waals surface area contributed by atoms with Crippen LogP contribution in [-0.4, -0.2) is 17.6 Å². The van der Waals surface area contributed by atoms with Crippen molar-refractivity contribution < 1.29 is 13.9 Å². The van der Waals surface area contributed by atoms with Crippen LogP contribution in [0.15, 0.2) is 68.1 Å². The van der Waals surface area contributed by atoms with Gasteiger partial charge >= 0.3 is 5.97 Å². The zero-order valence-electron chi connectivity index (χ0n) is 18.1. The van der Waals surface area contributed by atoms with E-state index in [2.05, 4.69) is 25.8 Å². The fourth-order valence-corrected chi connectivity index (χ4v) is 4.70. The number of carbonyl (C=O) groups excluding carboxylic acids is 1. The SMILES string of the molecule is COC(=O)C1=C(C)N=c2s/c(=C/c3ccco3)c(=O)n2C1c1ccc(C(C)(C)C)cc1. The van der Waals surface area contributed by atoms with E-state index < -0.39 is 12.0 Å². The first kappa shape index (κ1) is 21.1. The monoisotopic (exact) mass is 436 g/mol. The molecule has 0 spiro atoms. The van der Waals surface area contributed by atoms with Crippen LogP contribution >= 0.6 is 11.3 Å². The molecule has 7 heteroatoms. The number of ether oxygens (including phenoxy) is 1. The number of hydrogen-bond acceptors (Lipinski definition) is 6. The van der Waals surface area contributed by atoms with Crippen molar-refractivity contribution in [1.82, 2.24) is 4.57 Å². The molecule has 0 N–H and O–H groups in total. The van der Waals surface area contributed by atoms with Crippen LogP contribution in [0.4, 0.5) is 0 Å². The third-order valence-corrected chi connectivity index (χ3v) is 6.32. The summed E-state index contributed by atoms with van der Waals surface area (Å²) >= 11 is 1.27. The van der Waals surface area contributed by atoms with E-state index in [9.17, 15) is 9.59 Å². The first-order chi connectivity index (χ1) is 14.7. The lowest BCUT2D eigenvalue weighted by Crippen LogP contribution is -2.39. The summed E-state index contributed by atoms with van der Waals surface area (Å²) < 4.78 is 12.5. The molecule has 0 bridgehead atoms. The fourth-order valence-electron chi connectivity index (χ4n) is 3.68. The van der Waals surface area contributed by atoms with Gasteiger partial charge in [-0.15, -0.1) is 0 Å². The van der Waals surface area contributed by atoms with Gasteiger partial charge in [0.15, 0.2) is 4.80 Å². The minimum absolute atomic E-state index is 0.00703. The van der Waals surface area contributed by atoms with Crippen molar-refractivity contribution in [2.75, 3.05) is 7.11 Å². The first-order valence-electron chi connectivity index (χ1n) is 9.95. The molecule has 0 radical (unpaired) electrons. The molecule has 0 aliphatic carbocycles. The van der Waals surface area contributed by atoms with Crippen LogP contribution in [0.5, 0.6) is 0 Å². The van der Waals surface area contributed by atoms with Crippen molar-refractivity contribution >= 4 is 23.4 Å². The van der Waals surface area contributed by atoms with Crippen LogP contribution in [0.3, 0.4) is 0 Å². The normalized spacial score (nSPS) is 16.8. The summed E-state index contributed by atoms with van der Waals surface area (Å²) in [5, 5.41) is 0. The fraction of sp³-hybridized carbons (Fsp3) is 0.292. The third-order valence-electron chi connectivity index (χ3n) is 5.34. The topological polar surface area (TPSA) is 73.8 Å². The van der Waals surface area contributed by atoms with E-state index in [1.807, 2.05) is 24.3 Å². The predicted octanol–water partition coefficient (Wildman–Crippen LogP) is 3.30. The van der Waals surface area contributed by atoms with E-state index in [4.69, 9.17) is 9.15 Å². The number of thiazole rings is 1. The van der Waals surface area contributed by atoms with E-state index in [1.54, 1.807) is 36.0 Å². The van der Waals surface area contributed by atoms with Gasteiger partial charge in [0.05, 0.1) is 35.2 Å². The maximum atomic E-state index is 13.4.